The topological polar surface area (TPSA) is 62.4 Å². The average molecular weight is 279 g/mol. The fraction of sp³-hybridized carbons (Fsp3) is 0.867. The maximum atomic E-state index is 10.1. The fourth-order valence-electron chi connectivity index (χ4n) is 3.69. The monoisotopic (exact) mass is 279 g/mol. The molecule has 1 aromatic heterocycles. The zero-order chi connectivity index (χ0) is 14.1. The fourth-order valence-corrected chi connectivity index (χ4v) is 3.69. The molecule has 0 bridgehead atoms. The Balaban J connectivity index is 1.66. The number of rotatable bonds is 4. The van der Waals surface area contributed by atoms with Crippen LogP contribution in [-0.4, -0.2) is 38.8 Å². The number of aliphatic hydroxyl groups is 1. The van der Waals surface area contributed by atoms with Crippen LogP contribution >= 0.6 is 0 Å². The van der Waals surface area contributed by atoms with Gasteiger partial charge < -0.3 is 9.63 Å². The molecule has 0 amide bonds. The molecule has 1 saturated heterocycles. The summed E-state index contributed by atoms with van der Waals surface area (Å²) in [5, 5.41) is 14.2. The van der Waals surface area contributed by atoms with Crippen LogP contribution in [0.25, 0.3) is 0 Å². The highest BCUT2D eigenvalue weighted by atomic mass is 16.5. The molecular weight excluding hydrogens is 254 g/mol. The summed E-state index contributed by atoms with van der Waals surface area (Å²) in [6.07, 6.45) is 5.56. The standard InChI is InChI=1S/C15H25N3O2/c1-10(2)15-16-14(20-17-15)9-18-8-4-6-12(18)11-5-3-7-13(11)19/h10-13,19H,3-9H2,1-2H3. The molecule has 1 aliphatic carbocycles. The van der Waals surface area contributed by atoms with Gasteiger partial charge in [-0.05, 0) is 32.2 Å². The van der Waals surface area contributed by atoms with Gasteiger partial charge in [0.2, 0.25) is 5.89 Å². The van der Waals surface area contributed by atoms with Crippen molar-refractivity contribution in [3.8, 4) is 0 Å². The third-order valence-electron chi connectivity index (χ3n) is 4.78. The lowest BCUT2D eigenvalue weighted by molar-refractivity contribution is 0.0676. The van der Waals surface area contributed by atoms with E-state index in [4.69, 9.17) is 4.52 Å². The Bertz CT molecular complexity index is 446. The van der Waals surface area contributed by atoms with E-state index in [0.717, 1.165) is 38.2 Å². The molecule has 0 aromatic carbocycles. The number of aromatic nitrogens is 2. The van der Waals surface area contributed by atoms with Gasteiger partial charge in [-0.2, -0.15) is 4.98 Å². The average Bonchev–Trinajstić information content (AvgIpc) is 3.10. The molecule has 2 aliphatic rings. The van der Waals surface area contributed by atoms with E-state index >= 15 is 0 Å². The minimum Gasteiger partial charge on any atom is -0.393 e. The normalized spacial score (nSPS) is 31.5. The van der Waals surface area contributed by atoms with Crippen LogP contribution in [0.3, 0.4) is 0 Å². The van der Waals surface area contributed by atoms with Crippen molar-refractivity contribution < 1.29 is 9.63 Å². The summed E-state index contributed by atoms with van der Waals surface area (Å²) in [6.45, 7) is 5.95. The highest BCUT2D eigenvalue weighted by molar-refractivity contribution is 4.96. The quantitative estimate of drug-likeness (QED) is 0.916. The molecule has 5 heteroatoms. The molecule has 2 fully saturated rings. The van der Waals surface area contributed by atoms with Gasteiger partial charge in [0.1, 0.15) is 0 Å². The number of nitrogens with zero attached hydrogens (tertiary/aromatic N) is 3. The van der Waals surface area contributed by atoms with Crippen molar-refractivity contribution in [1.29, 1.82) is 0 Å². The van der Waals surface area contributed by atoms with Crippen molar-refractivity contribution in [2.75, 3.05) is 6.54 Å². The van der Waals surface area contributed by atoms with E-state index in [1.54, 1.807) is 0 Å². The molecule has 1 aliphatic heterocycles. The summed E-state index contributed by atoms with van der Waals surface area (Å²) in [7, 11) is 0. The van der Waals surface area contributed by atoms with Crippen molar-refractivity contribution in [1.82, 2.24) is 15.0 Å². The number of hydrogen-bond acceptors (Lipinski definition) is 5. The van der Waals surface area contributed by atoms with Crippen LogP contribution in [0.5, 0.6) is 0 Å². The van der Waals surface area contributed by atoms with Crippen LogP contribution in [0.2, 0.25) is 0 Å². The van der Waals surface area contributed by atoms with E-state index in [1.807, 2.05) is 0 Å². The van der Waals surface area contributed by atoms with E-state index in [-0.39, 0.29) is 6.10 Å². The molecular formula is C15H25N3O2. The zero-order valence-corrected chi connectivity index (χ0v) is 12.5. The Morgan fingerprint density at radius 3 is 2.80 bits per heavy atom. The van der Waals surface area contributed by atoms with Crippen molar-refractivity contribution in [2.24, 2.45) is 5.92 Å². The van der Waals surface area contributed by atoms with E-state index in [9.17, 15) is 5.11 Å². The van der Waals surface area contributed by atoms with Crippen LogP contribution in [0, 0.1) is 5.92 Å². The summed E-state index contributed by atoms with van der Waals surface area (Å²) in [6, 6.07) is 0.488. The first-order valence-corrected chi connectivity index (χ1v) is 7.89. The van der Waals surface area contributed by atoms with Gasteiger partial charge in [0.15, 0.2) is 5.82 Å². The lowest BCUT2D eigenvalue weighted by atomic mass is 9.94. The molecule has 112 valence electrons. The van der Waals surface area contributed by atoms with Gasteiger partial charge in [-0.3, -0.25) is 4.90 Å². The highest BCUT2D eigenvalue weighted by Gasteiger charge is 2.38. The van der Waals surface area contributed by atoms with E-state index in [2.05, 4.69) is 28.9 Å². The lowest BCUT2D eigenvalue weighted by Crippen LogP contribution is -2.38. The molecule has 2 heterocycles. The van der Waals surface area contributed by atoms with Crippen LogP contribution in [0.1, 0.15) is 63.6 Å². The maximum Gasteiger partial charge on any atom is 0.240 e. The molecule has 3 unspecified atom stereocenters. The summed E-state index contributed by atoms with van der Waals surface area (Å²) in [4.78, 5) is 6.90. The Kier molecular flexibility index (Phi) is 4.08. The van der Waals surface area contributed by atoms with Crippen molar-refractivity contribution in [3.63, 3.8) is 0 Å². The van der Waals surface area contributed by atoms with Gasteiger partial charge in [-0.15, -0.1) is 0 Å². The van der Waals surface area contributed by atoms with E-state index < -0.39 is 0 Å². The molecule has 0 radical (unpaired) electrons. The third-order valence-corrected chi connectivity index (χ3v) is 4.78. The van der Waals surface area contributed by atoms with Gasteiger partial charge in [-0.25, -0.2) is 0 Å². The number of likely N-dealkylation sites (tertiary alicyclic amines) is 1. The first kappa shape index (κ1) is 14.0. The number of hydrogen-bond donors (Lipinski definition) is 1. The lowest BCUT2D eigenvalue weighted by Gasteiger charge is -2.30. The predicted octanol–water partition coefficient (Wildman–Crippen LogP) is 2.32. The Morgan fingerprint density at radius 1 is 1.30 bits per heavy atom. The predicted molar refractivity (Wildman–Crippen MR) is 75.2 cm³/mol. The largest absolute Gasteiger partial charge is 0.393 e. The summed E-state index contributed by atoms with van der Waals surface area (Å²) < 4.78 is 5.36. The van der Waals surface area contributed by atoms with Crippen LogP contribution in [-0.2, 0) is 6.54 Å². The van der Waals surface area contributed by atoms with Crippen LogP contribution in [0.4, 0.5) is 0 Å². The Hall–Kier alpha value is -0.940. The smallest absolute Gasteiger partial charge is 0.240 e. The first-order chi connectivity index (χ1) is 9.65. The number of aliphatic hydroxyl groups excluding tert-OH is 1. The SMILES string of the molecule is CC(C)c1noc(CN2CCCC2C2CCCC2O)n1. The molecule has 1 aromatic rings. The zero-order valence-electron chi connectivity index (χ0n) is 12.5. The van der Waals surface area contributed by atoms with Crippen LogP contribution in [0.15, 0.2) is 4.52 Å². The first-order valence-electron chi connectivity index (χ1n) is 7.89. The summed E-state index contributed by atoms with van der Waals surface area (Å²) in [5.41, 5.74) is 0. The van der Waals surface area contributed by atoms with Crippen molar-refractivity contribution in [2.45, 2.75) is 70.6 Å². The minimum absolute atomic E-state index is 0.116. The summed E-state index contributed by atoms with van der Waals surface area (Å²) in [5.74, 6) is 2.24. The Labute approximate surface area is 120 Å². The maximum absolute atomic E-state index is 10.1. The van der Waals surface area contributed by atoms with E-state index in [1.165, 1.54) is 12.8 Å². The molecule has 3 rings (SSSR count). The minimum atomic E-state index is -0.116. The second kappa shape index (κ2) is 5.82. The van der Waals surface area contributed by atoms with Gasteiger partial charge in [-0.1, -0.05) is 25.4 Å². The molecule has 20 heavy (non-hydrogen) atoms. The molecule has 1 N–H and O–H groups in total. The molecule has 0 spiro atoms. The van der Waals surface area contributed by atoms with Crippen molar-refractivity contribution >= 4 is 0 Å². The second-order valence-electron chi connectivity index (χ2n) is 6.54. The summed E-state index contributed by atoms with van der Waals surface area (Å²) >= 11 is 0. The van der Waals surface area contributed by atoms with Gasteiger partial charge in [0.25, 0.3) is 0 Å². The molecule has 1 saturated carbocycles. The van der Waals surface area contributed by atoms with E-state index in [0.29, 0.717) is 23.8 Å². The van der Waals surface area contributed by atoms with Crippen molar-refractivity contribution in [3.05, 3.63) is 11.7 Å². The van der Waals surface area contributed by atoms with Gasteiger partial charge in [0.05, 0.1) is 12.6 Å². The second-order valence-corrected chi connectivity index (χ2v) is 6.54. The van der Waals surface area contributed by atoms with Gasteiger partial charge >= 0.3 is 0 Å². The van der Waals surface area contributed by atoms with Crippen LogP contribution < -0.4 is 0 Å². The Morgan fingerprint density at radius 2 is 2.15 bits per heavy atom. The van der Waals surface area contributed by atoms with Gasteiger partial charge in [0, 0.05) is 17.9 Å². The molecule has 5 nitrogen and oxygen atoms in total. The molecule has 3 atom stereocenters. The highest BCUT2D eigenvalue weighted by Crippen LogP contribution is 2.36. The third kappa shape index (κ3) is 2.74.